The number of carbonyl (C=O) groups is 1. The molecule has 2 aromatic rings. The molecule has 2 aromatic heterocycles. The molecule has 0 aliphatic carbocycles. The molecule has 0 aliphatic heterocycles. The molecule has 106 valence electrons. The van der Waals surface area contributed by atoms with Crippen molar-refractivity contribution >= 4 is 33.2 Å². The normalized spacial score (nSPS) is 12.4. The minimum atomic E-state index is -0.110. The molecule has 20 heavy (non-hydrogen) atoms. The number of halogens is 1. The number of pyridine rings is 1. The highest BCUT2D eigenvalue weighted by molar-refractivity contribution is 9.10. The molecular formula is C14H16BrN3OS. The summed E-state index contributed by atoms with van der Waals surface area (Å²) in [6, 6.07) is 4.02. The van der Waals surface area contributed by atoms with Gasteiger partial charge in [0, 0.05) is 23.4 Å². The van der Waals surface area contributed by atoms with Crippen LogP contribution in [0.5, 0.6) is 0 Å². The van der Waals surface area contributed by atoms with Crippen molar-refractivity contribution in [2.24, 2.45) is 0 Å². The Morgan fingerprint density at radius 3 is 2.90 bits per heavy atom. The molecule has 0 spiro atoms. The van der Waals surface area contributed by atoms with Crippen LogP contribution in [0.3, 0.4) is 0 Å². The van der Waals surface area contributed by atoms with E-state index in [9.17, 15) is 4.79 Å². The van der Waals surface area contributed by atoms with Crippen LogP contribution in [0.15, 0.2) is 39.8 Å². The molecule has 0 fully saturated rings. The fraction of sp³-hybridized carbons (Fsp3) is 0.286. The lowest BCUT2D eigenvalue weighted by molar-refractivity contribution is 0.0941. The lowest BCUT2D eigenvalue weighted by Gasteiger charge is -2.24. The van der Waals surface area contributed by atoms with Gasteiger partial charge in [0.1, 0.15) is 0 Å². The number of nitrogens with one attached hydrogen (secondary N) is 1. The highest BCUT2D eigenvalue weighted by atomic mass is 79.9. The first-order valence-corrected chi connectivity index (χ1v) is 7.89. The molecule has 0 radical (unpaired) electrons. The third kappa shape index (κ3) is 3.88. The molecule has 1 unspecified atom stereocenters. The highest BCUT2D eigenvalue weighted by Gasteiger charge is 2.16. The Balaban J connectivity index is 2.01. The maximum atomic E-state index is 12.1. The number of likely N-dealkylation sites (N-methyl/N-ethyl adjacent to an activating group) is 1. The Labute approximate surface area is 131 Å². The highest BCUT2D eigenvalue weighted by Crippen LogP contribution is 2.20. The van der Waals surface area contributed by atoms with Crippen LogP contribution < -0.4 is 5.32 Å². The third-order valence-corrected chi connectivity index (χ3v) is 4.11. The topological polar surface area (TPSA) is 45.2 Å². The zero-order chi connectivity index (χ0) is 14.5. The van der Waals surface area contributed by atoms with Gasteiger partial charge >= 0.3 is 0 Å². The Kier molecular flexibility index (Phi) is 5.28. The van der Waals surface area contributed by atoms with Crippen LogP contribution in [0.25, 0.3) is 0 Å². The van der Waals surface area contributed by atoms with Crippen molar-refractivity contribution < 1.29 is 4.79 Å². The molecule has 6 heteroatoms. The SMILES string of the molecule is CN(C)C(CNC(=O)c1cncc(Br)c1)c1ccsc1. The van der Waals surface area contributed by atoms with Crippen LogP contribution >= 0.6 is 27.3 Å². The standard InChI is InChI=1S/C14H16BrN3OS/c1-18(2)13(10-3-4-20-9-10)8-17-14(19)11-5-12(15)7-16-6-11/h3-7,9,13H,8H2,1-2H3,(H,17,19). The second kappa shape index (κ2) is 6.97. The van der Waals surface area contributed by atoms with E-state index in [-0.39, 0.29) is 11.9 Å². The zero-order valence-electron chi connectivity index (χ0n) is 11.3. The Morgan fingerprint density at radius 2 is 2.30 bits per heavy atom. The largest absolute Gasteiger partial charge is 0.350 e. The van der Waals surface area contributed by atoms with E-state index in [1.807, 2.05) is 19.5 Å². The molecule has 0 aromatic carbocycles. The molecule has 1 N–H and O–H groups in total. The van der Waals surface area contributed by atoms with Crippen molar-refractivity contribution in [1.82, 2.24) is 15.2 Å². The van der Waals surface area contributed by atoms with Gasteiger partial charge in [-0.05, 0) is 58.5 Å². The number of amides is 1. The van der Waals surface area contributed by atoms with Crippen molar-refractivity contribution in [3.63, 3.8) is 0 Å². The van der Waals surface area contributed by atoms with E-state index in [1.54, 1.807) is 29.8 Å². The van der Waals surface area contributed by atoms with E-state index in [0.717, 1.165) is 4.47 Å². The molecule has 2 heterocycles. The van der Waals surface area contributed by atoms with E-state index in [0.29, 0.717) is 12.1 Å². The predicted molar refractivity (Wildman–Crippen MR) is 85.0 cm³/mol. The van der Waals surface area contributed by atoms with E-state index < -0.39 is 0 Å². The smallest absolute Gasteiger partial charge is 0.252 e. The van der Waals surface area contributed by atoms with Gasteiger partial charge in [-0.25, -0.2) is 0 Å². The third-order valence-electron chi connectivity index (χ3n) is 2.97. The average molecular weight is 354 g/mol. The maximum Gasteiger partial charge on any atom is 0.252 e. The van der Waals surface area contributed by atoms with E-state index >= 15 is 0 Å². The number of hydrogen-bond acceptors (Lipinski definition) is 4. The Bertz CT molecular complexity index is 572. The second-order valence-electron chi connectivity index (χ2n) is 4.64. The number of carbonyl (C=O) groups excluding carboxylic acids is 1. The Hall–Kier alpha value is -1.24. The van der Waals surface area contributed by atoms with E-state index in [4.69, 9.17) is 0 Å². The van der Waals surface area contributed by atoms with Gasteiger partial charge in [0.15, 0.2) is 0 Å². The molecule has 0 saturated carbocycles. The minimum absolute atomic E-state index is 0.110. The maximum absolute atomic E-state index is 12.1. The fourth-order valence-electron chi connectivity index (χ4n) is 1.89. The van der Waals surface area contributed by atoms with Crippen LogP contribution in [0.2, 0.25) is 0 Å². The lowest BCUT2D eigenvalue weighted by Crippen LogP contribution is -2.34. The van der Waals surface area contributed by atoms with Gasteiger partial charge in [-0.15, -0.1) is 0 Å². The number of rotatable bonds is 5. The van der Waals surface area contributed by atoms with Crippen LogP contribution in [-0.4, -0.2) is 36.4 Å². The lowest BCUT2D eigenvalue weighted by atomic mass is 10.1. The summed E-state index contributed by atoms with van der Waals surface area (Å²) in [6.45, 7) is 0.565. The van der Waals surface area contributed by atoms with E-state index in [1.165, 1.54) is 5.56 Å². The Morgan fingerprint density at radius 1 is 1.50 bits per heavy atom. The zero-order valence-corrected chi connectivity index (χ0v) is 13.7. The van der Waals surface area contributed by atoms with Crippen LogP contribution in [0, 0.1) is 0 Å². The van der Waals surface area contributed by atoms with Gasteiger partial charge in [0.2, 0.25) is 0 Å². The van der Waals surface area contributed by atoms with Gasteiger partial charge in [0.05, 0.1) is 11.6 Å². The van der Waals surface area contributed by atoms with Crippen molar-refractivity contribution in [1.29, 1.82) is 0 Å². The van der Waals surface area contributed by atoms with E-state index in [2.05, 4.69) is 42.6 Å². The first-order valence-electron chi connectivity index (χ1n) is 6.15. The summed E-state index contributed by atoms with van der Waals surface area (Å²) in [6.07, 6.45) is 3.22. The predicted octanol–water partition coefficient (Wildman–Crippen LogP) is 2.94. The van der Waals surface area contributed by atoms with Crippen molar-refractivity contribution in [2.45, 2.75) is 6.04 Å². The summed E-state index contributed by atoms with van der Waals surface area (Å²) in [5.41, 5.74) is 1.77. The number of hydrogen-bond donors (Lipinski definition) is 1. The molecule has 0 aliphatic rings. The van der Waals surface area contributed by atoms with Gasteiger partial charge in [-0.3, -0.25) is 9.78 Å². The summed E-state index contributed by atoms with van der Waals surface area (Å²) < 4.78 is 0.798. The van der Waals surface area contributed by atoms with Gasteiger partial charge in [-0.2, -0.15) is 11.3 Å². The molecule has 0 bridgehead atoms. The van der Waals surface area contributed by atoms with Gasteiger partial charge in [-0.1, -0.05) is 0 Å². The fourth-order valence-corrected chi connectivity index (χ4v) is 2.96. The first kappa shape index (κ1) is 15.2. The first-order chi connectivity index (χ1) is 9.58. The molecule has 4 nitrogen and oxygen atoms in total. The number of aromatic nitrogens is 1. The van der Waals surface area contributed by atoms with Crippen molar-refractivity contribution in [2.75, 3.05) is 20.6 Å². The quantitative estimate of drug-likeness (QED) is 0.898. The number of thiophene rings is 1. The summed E-state index contributed by atoms with van der Waals surface area (Å²) >= 11 is 4.98. The average Bonchev–Trinajstić information content (AvgIpc) is 2.92. The molecular weight excluding hydrogens is 338 g/mol. The summed E-state index contributed by atoms with van der Waals surface area (Å²) in [7, 11) is 4.02. The summed E-state index contributed by atoms with van der Waals surface area (Å²) in [5.74, 6) is -0.110. The van der Waals surface area contributed by atoms with Crippen LogP contribution in [0.4, 0.5) is 0 Å². The summed E-state index contributed by atoms with van der Waals surface area (Å²) in [4.78, 5) is 18.2. The van der Waals surface area contributed by atoms with Gasteiger partial charge in [0.25, 0.3) is 5.91 Å². The van der Waals surface area contributed by atoms with Crippen molar-refractivity contribution in [3.8, 4) is 0 Å². The molecule has 0 saturated heterocycles. The second-order valence-corrected chi connectivity index (χ2v) is 6.33. The minimum Gasteiger partial charge on any atom is -0.350 e. The molecule has 1 atom stereocenters. The molecule has 2 rings (SSSR count). The number of nitrogens with zero attached hydrogens (tertiary/aromatic N) is 2. The molecule has 1 amide bonds. The summed E-state index contributed by atoms with van der Waals surface area (Å²) in [5, 5.41) is 7.12. The van der Waals surface area contributed by atoms with Crippen molar-refractivity contribution in [3.05, 3.63) is 50.9 Å². The van der Waals surface area contributed by atoms with Crippen LogP contribution in [0.1, 0.15) is 22.0 Å². The van der Waals surface area contributed by atoms with Gasteiger partial charge < -0.3 is 10.2 Å². The monoisotopic (exact) mass is 353 g/mol. The van der Waals surface area contributed by atoms with Crippen LogP contribution in [-0.2, 0) is 0 Å².